The van der Waals surface area contributed by atoms with Crippen LogP contribution in [0.4, 0.5) is 0 Å². The Kier molecular flexibility index (Phi) is 5.06. The Morgan fingerprint density at radius 2 is 0.615 bits per heavy atom. The predicted molar refractivity (Wildman–Crippen MR) is 116 cm³/mol. The summed E-state index contributed by atoms with van der Waals surface area (Å²) in [6, 6.07) is 19.4. The zero-order valence-electron chi connectivity index (χ0n) is 16.6. The summed E-state index contributed by atoms with van der Waals surface area (Å²) in [6.45, 7) is 12.6. The van der Waals surface area contributed by atoms with Gasteiger partial charge in [0.25, 0.3) is 0 Å². The SMILES string of the molecule is Cc1cc(C)cc([P+](O)(c2cc(C)cc(C)c2)c2cc(C)cc(C)c2)c1. The van der Waals surface area contributed by atoms with Crippen molar-refractivity contribution in [3.05, 3.63) is 88.0 Å². The van der Waals surface area contributed by atoms with Crippen LogP contribution in [0.15, 0.2) is 54.6 Å². The predicted octanol–water partition coefficient (Wildman–Crippen LogP) is 4.74. The minimum atomic E-state index is -2.69. The molecule has 0 aliphatic rings. The summed E-state index contributed by atoms with van der Waals surface area (Å²) in [4.78, 5) is 12.3. The third-order valence-electron chi connectivity index (χ3n) is 4.74. The third-order valence-corrected chi connectivity index (χ3v) is 7.76. The Balaban J connectivity index is 2.38. The van der Waals surface area contributed by atoms with E-state index in [9.17, 15) is 4.89 Å². The summed E-state index contributed by atoms with van der Waals surface area (Å²) < 4.78 is 0. The van der Waals surface area contributed by atoms with Gasteiger partial charge in [-0.3, -0.25) is 0 Å². The molecule has 3 rings (SSSR count). The highest BCUT2D eigenvalue weighted by atomic mass is 31.2. The van der Waals surface area contributed by atoms with Gasteiger partial charge in [-0.05, 0) is 111 Å². The number of benzene rings is 3. The van der Waals surface area contributed by atoms with Crippen LogP contribution in [0.3, 0.4) is 0 Å². The van der Waals surface area contributed by atoms with E-state index in [1.54, 1.807) is 0 Å². The number of hydrogen-bond acceptors (Lipinski definition) is 1. The zero-order valence-corrected chi connectivity index (χ0v) is 17.5. The second-order valence-corrected chi connectivity index (χ2v) is 10.5. The lowest BCUT2D eigenvalue weighted by atomic mass is 10.1. The lowest BCUT2D eigenvalue weighted by Crippen LogP contribution is -2.32. The number of hydrogen-bond donors (Lipinski definition) is 1. The smallest absolute Gasteiger partial charge is 0.235 e. The molecule has 0 saturated heterocycles. The van der Waals surface area contributed by atoms with Crippen LogP contribution in [0.25, 0.3) is 0 Å². The molecule has 0 spiro atoms. The van der Waals surface area contributed by atoms with Crippen molar-refractivity contribution < 1.29 is 4.89 Å². The Labute approximate surface area is 158 Å². The van der Waals surface area contributed by atoms with Crippen LogP contribution in [0.1, 0.15) is 33.4 Å². The summed E-state index contributed by atoms with van der Waals surface area (Å²) >= 11 is 0. The Morgan fingerprint density at radius 1 is 0.423 bits per heavy atom. The molecule has 26 heavy (non-hydrogen) atoms. The van der Waals surface area contributed by atoms with Gasteiger partial charge in [0.1, 0.15) is 15.9 Å². The van der Waals surface area contributed by atoms with Gasteiger partial charge in [-0.1, -0.05) is 18.2 Å². The molecule has 0 atom stereocenters. The van der Waals surface area contributed by atoms with E-state index in [2.05, 4.69) is 96.1 Å². The average molecular weight is 363 g/mol. The zero-order chi connectivity index (χ0) is 19.1. The second-order valence-electron chi connectivity index (χ2n) is 7.67. The molecule has 0 unspecified atom stereocenters. The molecule has 0 aromatic heterocycles. The van der Waals surface area contributed by atoms with Gasteiger partial charge < -0.3 is 0 Å². The van der Waals surface area contributed by atoms with E-state index in [0.717, 1.165) is 15.9 Å². The van der Waals surface area contributed by atoms with Crippen LogP contribution >= 0.6 is 7.49 Å². The lowest BCUT2D eigenvalue weighted by molar-refractivity contribution is 0.633. The van der Waals surface area contributed by atoms with Crippen LogP contribution in [0.2, 0.25) is 0 Å². The molecule has 0 radical (unpaired) electrons. The third kappa shape index (κ3) is 3.61. The molecule has 2 heteroatoms. The number of rotatable bonds is 3. The maximum absolute atomic E-state index is 12.3. The lowest BCUT2D eigenvalue weighted by Gasteiger charge is -2.22. The monoisotopic (exact) mass is 363 g/mol. The Morgan fingerprint density at radius 3 is 0.808 bits per heavy atom. The van der Waals surface area contributed by atoms with E-state index in [1.807, 2.05) is 0 Å². The van der Waals surface area contributed by atoms with Crippen molar-refractivity contribution in [2.45, 2.75) is 41.5 Å². The first kappa shape index (κ1) is 18.8. The fourth-order valence-electron chi connectivity index (χ4n) is 3.86. The van der Waals surface area contributed by atoms with Gasteiger partial charge in [-0.25, -0.2) is 4.89 Å². The van der Waals surface area contributed by atoms with E-state index >= 15 is 0 Å². The first-order valence-corrected chi connectivity index (χ1v) is 10.8. The molecule has 0 aliphatic heterocycles. The molecule has 0 heterocycles. The maximum Gasteiger partial charge on any atom is 0.238 e. The van der Waals surface area contributed by atoms with Crippen molar-refractivity contribution in [2.75, 3.05) is 0 Å². The van der Waals surface area contributed by atoms with Gasteiger partial charge in [-0.15, -0.1) is 0 Å². The van der Waals surface area contributed by atoms with Crippen molar-refractivity contribution in [1.82, 2.24) is 0 Å². The molecule has 0 bridgehead atoms. The molecule has 1 nitrogen and oxygen atoms in total. The van der Waals surface area contributed by atoms with E-state index in [4.69, 9.17) is 0 Å². The van der Waals surface area contributed by atoms with Gasteiger partial charge in [-0.2, -0.15) is 0 Å². The summed E-state index contributed by atoms with van der Waals surface area (Å²) in [5, 5.41) is 3.10. The summed E-state index contributed by atoms with van der Waals surface area (Å²) in [5.74, 6) is 0. The van der Waals surface area contributed by atoms with E-state index in [-0.39, 0.29) is 0 Å². The first-order valence-electron chi connectivity index (χ1n) is 9.07. The molecular formula is C24H28OP+. The summed E-state index contributed by atoms with van der Waals surface area (Å²) in [7, 11) is -2.69. The fraction of sp³-hybridized carbons (Fsp3) is 0.250. The highest BCUT2D eigenvalue weighted by molar-refractivity contribution is 7.91. The van der Waals surface area contributed by atoms with E-state index < -0.39 is 7.49 Å². The quantitative estimate of drug-likeness (QED) is 0.667. The Bertz CT molecular complexity index is 786. The van der Waals surface area contributed by atoms with E-state index in [0.29, 0.717) is 0 Å². The minimum absolute atomic E-state index is 1.03. The van der Waals surface area contributed by atoms with Crippen molar-refractivity contribution in [1.29, 1.82) is 0 Å². The molecule has 0 aliphatic carbocycles. The first-order chi connectivity index (χ1) is 12.2. The van der Waals surface area contributed by atoms with Gasteiger partial charge in [0.15, 0.2) is 0 Å². The molecule has 134 valence electrons. The van der Waals surface area contributed by atoms with E-state index in [1.165, 1.54) is 33.4 Å². The highest BCUT2D eigenvalue weighted by Crippen LogP contribution is 2.51. The largest absolute Gasteiger partial charge is 0.238 e. The highest BCUT2D eigenvalue weighted by Gasteiger charge is 2.45. The van der Waals surface area contributed by atoms with Crippen molar-refractivity contribution in [3.8, 4) is 0 Å². The van der Waals surface area contributed by atoms with Gasteiger partial charge in [0.2, 0.25) is 7.49 Å². The Hall–Kier alpha value is -1.95. The minimum Gasteiger partial charge on any atom is -0.235 e. The van der Waals surface area contributed by atoms with Crippen molar-refractivity contribution in [3.63, 3.8) is 0 Å². The molecule has 3 aromatic carbocycles. The van der Waals surface area contributed by atoms with Crippen LogP contribution < -0.4 is 15.9 Å². The topological polar surface area (TPSA) is 20.2 Å². The average Bonchev–Trinajstić information content (AvgIpc) is 2.51. The second kappa shape index (κ2) is 6.99. The van der Waals surface area contributed by atoms with Gasteiger partial charge in [0.05, 0.1) is 0 Å². The molecule has 0 fully saturated rings. The summed E-state index contributed by atoms with van der Waals surface area (Å²) in [6.07, 6.45) is 0. The normalized spacial score (nSPS) is 11.7. The van der Waals surface area contributed by atoms with Crippen molar-refractivity contribution >= 4 is 23.4 Å². The van der Waals surface area contributed by atoms with Crippen molar-refractivity contribution in [2.24, 2.45) is 0 Å². The van der Waals surface area contributed by atoms with Crippen LogP contribution in [-0.4, -0.2) is 4.89 Å². The summed E-state index contributed by atoms with van der Waals surface area (Å²) in [5.41, 5.74) is 7.12. The molecule has 0 saturated carbocycles. The van der Waals surface area contributed by atoms with Crippen LogP contribution in [0, 0.1) is 41.5 Å². The van der Waals surface area contributed by atoms with Gasteiger partial charge >= 0.3 is 0 Å². The van der Waals surface area contributed by atoms with Crippen LogP contribution in [0.5, 0.6) is 0 Å². The standard InChI is InChI=1S/C24H28OP/c1-16-7-17(2)11-22(10-16)26(25,23-12-18(3)8-19(4)13-23)24-14-20(5)9-21(6)15-24/h7-15,25H,1-6H3/q+1. The van der Waals surface area contributed by atoms with Gasteiger partial charge in [0, 0.05) is 0 Å². The maximum atomic E-state index is 12.3. The number of aryl methyl sites for hydroxylation is 6. The fourth-order valence-corrected chi connectivity index (χ4v) is 7.10. The van der Waals surface area contributed by atoms with Crippen LogP contribution in [-0.2, 0) is 0 Å². The molecular weight excluding hydrogens is 335 g/mol. The molecule has 0 amide bonds. The molecule has 3 aromatic rings. The molecule has 1 N–H and O–H groups in total.